The SMILES string of the molecule is C/C(=C/Cl)Cn1ccc2cc(Cl)ccc21. The third kappa shape index (κ3) is 2.19. The van der Waals surface area contributed by atoms with Crippen molar-refractivity contribution in [3.63, 3.8) is 0 Å². The maximum atomic E-state index is 5.92. The zero-order valence-electron chi connectivity index (χ0n) is 8.37. The molecule has 2 rings (SSSR count). The van der Waals surface area contributed by atoms with Crippen LogP contribution in [0.25, 0.3) is 10.9 Å². The van der Waals surface area contributed by atoms with E-state index in [4.69, 9.17) is 23.2 Å². The molecule has 0 N–H and O–H groups in total. The predicted octanol–water partition coefficient (Wildman–Crippen LogP) is 4.44. The lowest BCUT2D eigenvalue weighted by molar-refractivity contribution is 0.821. The Morgan fingerprint density at radius 3 is 2.93 bits per heavy atom. The molecule has 0 aliphatic carbocycles. The molecule has 0 atom stereocenters. The van der Waals surface area contributed by atoms with Crippen molar-refractivity contribution in [1.82, 2.24) is 4.57 Å². The number of hydrogen-bond donors (Lipinski definition) is 0. The Kier molecular flexibility index (Phi) is 3.03. The Bertz CT molecular complexity index is 511. The zero-order valence-corrected chi connectivity index (χ0v) is 9.89. The van der Waals surface area contributed by atoms with Gasteiger partial charge in [0.1, 0.15) is 0 Å². The molecular formula is C12H11Cl2N. The molecule has 1 nitrogen and oxygen atoms in total. The van der Waals surface area contributed by atoms with Gasteiger partial charge < -0.3 is 4.57 Å². The van der Waals surface area contributed by atoms with E-state index < -0.39 is 0 Å². The summed E-state index contributed by atoms with van der Waals surface area (Å²) in [6.45, 7) is 2.82. The molecule has 0 saturated carbocycles. The molecule has 1 aromatic heterocycles. The minimum atomic E-state index is 0.768. The van der Waals surface area contributed by atoms with E-state index in [9.17, 15) is 0 Å². The second-order valence-corrected chi connectivity index (χ2v) is 4.26. The third-order valence-electron chi connectivity index (χ3n) is 2.34. The van der Waals surface area contributed by atoms with Gasteiger partial charge in [0, 0.05) is 34.2 Å². The van der Waals surface area contributed by atoms with Crippen LogP contribution in [-0.2, 0) is 6.54 Å². The first kappa shape index (κ1) is 10.6. The molecule has 2 aromatic rings. The smallest absolute Gasteiger partial charge is 0.0484 e. The number of nitrogens with zero attached hydrogens (tertiary/aromatic N) is 1. The fourth-order valence-electron chi connectivity index (χ4n) is 1.61. The van der Waals surface area contributed by atoms with Crippen LogP contribution >= 0.6 is 23.2 Å². The van der Waals surface area contributed by atoms with E-state index in [2.05, 4.69) is 10.6 Å². The molecule has 0 unspecified atom stereocenters. The zero-order chi connectivity index (χ0) is 10.8. The Labute approximate surface area is 98.9 Å². The summed E-state index contributed by atoms with van der Waals surface area (Å²) in [5, 5.41) is 1.93. The van der Waals surface area contributed by atoms with Gasteiger partial charge in [-0.15, -0.1) is 0 Å². The monoisotopic (exact) mass is 239 g/mol. The minimum Gasteiger partial charge on any atom is -0.343 e. The summed E-state index contributed by atoms with van der Waals surface area (Å²) in [4.78, 5) is 0. The Morgan fingerprint density at radius 2 is 2.20 bits per heavy atom. The van der Waals surface area contributed by atoms with Crippen molar-refractivity contribution >= 4 is 34.1 Å². The lowest BCUT2D eigenvalue weighted by atomic mass is 10.2. The summed E-state index contributed by atoms with van der Waals surface area (Å²) in [5.41, 5.74) is 3.92. The van der Waals surface area contributed by atoms with E-state index in [1.165, 1.54) is 5.52 Å². The molecule has 0 bridgehead atoms. The summed E-state index contributed by atoms with van der Waals surface area (Å²) >= 11 is 11.6. The van der Waals surface area contributed by atoms with Crippen molar-refractivity contribution in [2.45, 2.75) is 13.5 Å². The summed E-state index contributed by atoms with van der Waals surface area (Å²) in [7, 11) is 0. The van der Waals surface area contributed by atoms with Crippen LogP contribution in [-0.4, -0.2) is 4.57 Å². The summed E-state index contributed by atoms with van der Waals surface area (Å²) < 4.78 is 2.15. The fourth-order valence-corrected chi connectivity index (χ4v) is 1.86. The summed E-state index contributed by atoms with van der Waals surface area (Å²) in [5.74, 6) is 0. The average Bonchev–Trinajstić information content (AvgIpc) is 2.60. The van der Waals surface area contributed by atoms with Gasteiger partial charge in [0.2, 0.25) is 0 Å². The van der Waals surface area contributed by atoms with E-state index in [1.807, 2.05) is 31.3 Å². The second-order valence-electron chi connectivity index (χ2n) is 3.60. The molecule has 1 aromatic carbocycles. The van der Waals surface area contributed by atoms with Gasteiger partial charge in [0.15, 0.2) is 0 Å². The van der Waals surface area contributed by atoms with Gasteiger partial charge in [-0.05, 0) is 36.8 Å². The molecule has 0 aliphatic heterocycles. The average molecular weight is 240 g/mol. The van der Waals surface area contributed by atoms with Crippen LogP contribution in [0.15, 0.2) is 41.6 Å². The first-order valence-corrected chi connectivity index (χ1v) is 5.52. The maximum absolute atomic E-state index is 5.92. The molecule has 0 spiro atoms. The quantitative estimate of drug-likeness (QED) is 0.731. The number of benzene rings is 1. The molecule has 0 radical (unpaired) electrons. The molecule has 15 heavy (non-hydrogen) atoms. The number of halogens is 2. The molecule has 1 heterocycles. The molecule has 0 amide bonds. The molecule has 78 valence electrons. The van der Waals surface area contributed by atoms with Crippen LogP contribution in [0.1, 0.15) is 6.92 Å². The van der Waals surface area contributed by atoms with Gasteiger partial charge in [-0.25, -0.2) is 0 Å². The number of hydrogen-bond acceptors (Lipinski definition) is 0. The van der Waals surface area contributed by atoms with Crippen LogP contribution in [0.2, 0.25) is 5.02 Å². The van der Waals surface area contributed by atoms with Gasteiger partial charge in [-0.3, -0.25) is 0 Å². The van der Waals surface area contributed by atoms with Crippen LogP contribution in [0.5, 0.6) is 0 Å². The van der Waals surface area contributed by atoms with E-state index in [0.29, 0.717) is 0 Å². The number of fused-ring (bicyclic) bond motifs is 1. The van der Waals surface area contributed by atoms with Crippen molar-refractivity contribution < 1.29 is 0 Å². The van der Waals surface area contributed by atoms with E-state index >= 15 is 0 Å². The van der Waals surface area contributed by atoms with E-state index in [1.54, 1.807) is 5.54 Å². The van der Waals surface area contributed by atoms with Crippen LogP contribution in [0, 0.1) is 0 Å². The maximum Gasteiger partial charge on any atom is 0.0484 e. The standard InChI is InChI=1S/C12H11Cl2N/c1-9(7-13)8-15-5-4-10-6-11(14)2-3-12(10)15/h2-7H,8H2,1H3/b9-7-. The highest BCUT2D eigenvalue weighted by atomic mass is 35.5. The molecule has 0 aliphatic rings. The highest BCUT2D eigenvalue weighted by Gasteiger charge is 2.01. The van der Waals surface area contributed by atoms with Crippen molar-refractivity contribution in [1.29, 1.82) is 0 Å². The number of allylic oxidation sites excluding steroid dienone is 1. The largest absolute Gasteiger partial charge is 0.343 e. The van der Waals surface area contributed by atoms with Gasteiger partial charge >= 0.3 is 0 Å². The van der Waals surface area contributed by atoms with Crippen LogP contribution in [0.3, 0.4) is 0 Å². The van der Waals surface area contributed by atoms with Crippen molar-refractivity contribution in [2.75, 3.05) is 0 Å². The molecule has 0 fully saturated rings. The highest BCUT2D eigenvalue weighted by Crippen LogP contribution is 2.21. The molecule has 3 heteroatoms. The predicted molar refractivity (Wildman–Crippen MR) is 66.6 cm³/mol. The normalized spacial score (nSPS) is 12.3. The van der Waals surface area contributed by atoms with E-state index in [0.717, 1.165) is 22.5 Å². The van der Waals surface area contributed by atoms with Crippen molar-refractivity contribution in [2.24, 2.45) is 0 Å². The van der Waals surface area contributed by atoms with Crippen molar-refractivity contribution in [3.05, 3.63) is 46.6 Å². The van der Waals surface area contributed by atoms with Crippen molar-refractivity contribution in [3.8, 4) is 0 Å². The van der Waals surface area contributed by atoms with Gasteiger partial charge in [0.05, 0.1) is 0 Å². The van der Waals surface area contributed by atoms with Crippen LogP contribution < -0.4 is 0 Å². The van der Waals surface area contributed by atoms with E-state index in [-0.39, 0.29) is 0 Å². The van der Waals surface area contributed by atoms with Gasteiger partial charge in [0.25, 0.3) is 0 Å². The van der Waals surface area contributed by atoms with Gasteiger partial charge in [-0.2, -0.15) is 0 Å². The Hall–Kier alpha value is -0.920. The first-order chi connectivity index (χ1) is 7.20. The van der Waals surface area contributed by atoms with Gasteiger partial charge in [-0.1, -0.05) is 23.2 Å². The first-order valence-electron chi connectivity index (χ1n) is 4.71. The Balaban J connectivity index is 2.45. The summed E-state index contributed by atoms with van der Waals surface area (Å²) in [6.07, 6.45) is 2.05. The lowest BCUT2D eigenvalue weighted by Gasteiger charge is -2.04. The minimum absolute atomic E-state index is 0.768. The summed E-state index contributed by atoms with van der Waals surface area (Å²) in [6, 6.07) is 7.95. The topological polar surface area (TPSA) is 4.93 Å². The lowest BCUT2D eigenvalue weighted by Crippen LogP contribution is -1.96. The number of rotatable bonds is 2. The Morgan fingerprint density at radius 1 is 1.40 bits per heavy atom. The molecular weight excluding hydrogens is 229 g/mol. The second kappa shape index (κ2) is 4.30. The fraction of sp³-hybridized carbons (Fsp3) is 0.167. The third-order valence-corrected chi connectivity index (χ3v) is 2.95. The molecule has 0 saturated heterocycles. The number of aromatic nitrogens is 1. The highest BCUT2D eigenvalue weighted by molar-refractivity contribution is 6.31. The van der Waals surface area contributed by atoms with Crippen LogP contribution in [0.4, 0.5) is 0 Å².